The molecule has 30 heavy (non-hydrogen) atoms. The Kier molecular flexibility index (Phi) is 6.82. The fraction of sp³-hybridized carbons (Fsp3) is 0.391. The molecule has 1 saturated heterocycles. The highest BCUT2D eigenvalue weighted by atomic mass is 16.5. The maximum Gasteiger partial charge on any atom is 0.227 e. The van der Waals surface area contributed by atoms with Crippen LogP contribution in [0.2, 0.25) is 0 Å². The van der Waals surface area contributed by atoms with E-state index in [0.717, 1.165) is 11.1 Å². The first-order valence-electron chi connectivity index (χ1n) is 9.90. The molecule has 0 aromatic heterocycles. The van der Waals surface area contributed by atoms with Gasteiger partial charge in [-0.2, -0.15) is 0 Å². The molecule has 1 aliphatic rings. The first kappa shape index (κ1) is 21.5. The molecule has 1 fully saturated rings. The third-order valence-corrected chi connectivity index (χ3v) is 5.28. The van der Waals surface area contributed by atoms with Gasteiger partial charge in [0.25, 0.3) is 0 Å². The van der Waals surface area contributed by atoms with Crippen LogP contribution in [-0.2, 0) is 16.0 Å². The third kappa shape index (κ3) is 4.67. The standard InChI is InChI=1S/C23H28N2O5/c1-15-5-7-19(28-2)18(11-15)25-14-17(13-22(25)26)23(27)24-10-9-16-6-8-20(29-3)21(12-16)30-4/h5-8,11-12,17H,9-10,13-14H2,1-4H3,(H,24,27)/t17-/m1/s1. The maximum absolute atomic E-state index is 12.6. The molecule has 160 valence electrons. The molecule has 0 saturated carbocycles. The number of carbonyl (C=O) groups excluding carboxylic acids is 2. The number of rotatable bonds is 8. The quantitative estimate of drug-likeness (QED) is 0.722. The summed E-state index contributed by atoms with van der Waals surface area (Å²) in [6, 6.07) is 11.4. The van der Waals surface area contributed by atoms with Gasteiger partial charge in [-0.3, -0.25) is 9.59 Å². The van der Waals surface area contributed by atoms with Crippen LogP contribution in [0.5, 0.6) is 17.2 Å². The van der Waals surface area contributed by atoms with Gasteiger partial charge in [0.1, 0.15) is 5.75 Å². The highest BCUT2D eigenvalue weighted by Crippen LogP contribution is 2.34. The lowest BCUT2D eigenvalue weighted by Crippen LogP contribution is -2.34. The molecule has 7 nitrogen and oxygen atoms in total. The molecule has 0 unspecified atom stereocenters. The van der Waals surface area contributed by atoms with Crippen molar-refractivity contribution in [2.75, 3.05) is 39.3 Å². The van der Waals surface area contributed by atoms with Gasteiger partial charge >= 0.3 is 0 Å². The van der Waals surface area contributed by atoms with E-state index in [1.165, 1.54) is 0 Å². The van der Waals surface area contributed by atoms with Gasteiger partial charge in [-0.1, -0.05) is 12.1 Å². The number of amides is 2. The van der Waals surface area contributed by atoms with Crippen molar-refractivity contribution in [2.45, 2.75) is 19.8 Å². The van der Waals surface area contributed by atoms with Crippen LogP contribution in [0, 0.1) is 12.8 Å². The number of aryl methyl sites for hydroxylation is 1. The van der Waals surface area contributed by atoms with Gasteiger partial charge in [0.15, 0.2) is 11.5 Å². The molecule has 0 bridgehead atoms. The zero-order chi connectivity index (χ0) is 21.7. The number of nitrogens with one attached hydrogen (secondary N) is 1. The summed E-state index contributed by atoms with van der Waals surface area (Å²) in [7, 11) is 4.76. The molecule has 1 N–H and O–H groups in total. The molecule has 2 aromatic carbocycles. The number of ether oxygens (including phenoxy) is 3. The molecule has 1 atom stereocenters. The second-order valence-corrected chi connectivity index (χ2v) is 7.31. The first-order valence-corrected chi connectivity index (χ1v) is 9.90. The zero-order valence-electron chi connectivity index (χ0n) is 17.9. The molecule has 0 radical (unpaired) electrons. The second-order valence-electron chi connectivity index (χ2n) is 7.31. The van der Waals surface area contributed by atoms with Crippen molar-refractivity contribution in [3.05, 3.63) is 47.5 Å². The molecule has 2 aromatic rings. The molecule has 1 aliphatic heterocycles. The van der Waals surface area contributed by atoms with Crippen molar-refractivity contribution >= 4 is 17.5 Å². The average molecular weight is 412 g/mol. The summed E-state index contributed by atoms with van der Waals surface area (Å²) in [5.41, 5.74) is 2.77. The van der Waals surface area contributed by atoms with Gasteiger partial charge in [-0.05, 0) is 48.7 Å². The summed E-state index contributed by atoms with van der Waals surface area (Å²) in [5, 5.41) is 2.95. The number of anilines is 1. The largest absolute Gasteiger partial charge is 0.495 e. The number of hydrogen-bond donors (Lipinski definition) is 1. The van der Waals surface area contributed by atoms with Crippen LogP contribution in [-0.4, -0.2) is 46.2 Å². The minimum atomic E-state index is -0.381. The van der Waals surface area contributed by atoms with Crippen molar-refractivity contribution in [3.63, 3.8) is 0 Å². The van der Waals surface area contributed by atoms with Crippen LogP contribution in [0.3, 0.4) is 0 Å². The lowest BCUT2D eigenvalue weighted by Gasteiger charge is -2.20. The highest BCUT2D eigenvalue weighted by Gasteiger charge is 2.36. The Balaban J connectivity index is 1.58. The lowest BCUT2D eigenvalue weighted by atomic mass is 10.1. The van der Waals surface area contributed by atoms with Gasteiger partial charge < -0.3 is 24.4 Å². The molecule has 7 heteroatoms. The van der Waals surface area contributed by atoms with E-state index in [-0.39, 0.29) is 24.2 Å². The minimum absolute atomic E-state index is 0.0704. The number of carbonyl (C=O) groups is 2. The average Bonchev–Trinajstić information content (AvgIpc) is 3.15. The topological polar surface area (TPSA) is 77.1 Å². The Hall–Kier alpha value is -3.22. The minimum Gasteiger partial charge on any atom is -0.495 e. The Bertz CT molecular complexity index is 928. The van der Waals surface area contributed by atoms with E-state index in [4.69, 9.17) is 14.2 Å². The Morgan fingerprint density at radius 1 is 1.03 bits per heavy atom. The number of nitrogens with zero attached hydrogens (tertiary/aromatic N) is 1. The monoisotopic (exact) mass is 412 g/mol. The van der Waals surface area contributed by atoms with Gasteiger partial charge in [-0.15, -0.1) is 0 Å². The van der Waals surface area contributed by atoms with E-state index < -0.39 is 0 Å². The summed E-state index contributed by atoms with van der Waals surface area (Å²) >= 11 is 0. The van der Waals surface area contributed by atoms with Crippen LogP contribution >= 0.6 is 0 Å². The SMILES string of the molecule is COc1ccc(CCNC(=O)[C@@H]2CC(=O)N(c3cc(C)ccc3OC)C2)cc1OC. The lowest BCUT2D eigenvalue weighted by molar-refractivity contribution is -0.126. The third-order valence-electron chi connectivity index (χ3n) is 5.28. The summed E-state index contributed by atoms with van der Waals surface area (Å²) in [6.45, 7) is 2.79. The fourth-order valence-corrected chi connectivity index (χ4v) is 3.64. The second kappa shape index (κ2) is 9.52. The first-order chi connectivity index (χ1) is 14.5. The van der Waals surface area contributed by atoms with Crippen molar-refractivity contribution in [1.82, 2.24) is 5.32 Å². The van der Waals surface area contributed by atoms with Gasteiger partial charge in [0.2, 0.25) is 11.8 Å². The van der Waals surface area contributed by atoms with E-state index in [1.807, 2.05) is 43.3 Å². The number of benzene rings is 2. The summed E-state index contributed by atoms with van der Waals surface area (Å²) in [4.78, 5) is 26.8. The summed E-state index contributed by atoms with van der Waals surface area (Å²) in [6.07, 6.45) is 0.849. The summed E-state index contributed by atoms with van der Waals surface area (Å²) in [5.74, 6) is 1.39. The fourth-order valence-electron chi connectivity index (χ4n) is 3.64. The molecular weight excluding hydrogens is 384 g/mol. The molecule has 3 rings (SSSR count). The predicted octanol–water partition coefficient (Wildman–Crippen LogP) is 2.73. The van der Waals surface area contributed by atoms with Gasteiger partial charge in [-0.25, -0.2) is 0 Å². The number of methoxy groups -OCH3 is 3. The van der Waals surface area contributed by atoms with Gasteiger partial charge in [0.05, 0.1) is 32.9 Å². The molecule has 0 spiro atoms. The van der Waals surface area contributed by atoms with Crippen LogP contribution in [0.15, 0.2) is 36.4 Å². The molecular formula is C23H28N2O5. The van der Waals surface area contributed by atoms with Crippen molar-refractivity contribution in [1.29, 1.82) is 0 Å². The van der Waals surface area contributed by atoms with Crippen LogP contribution < -0.4 is 24.4 Å². The van der Waals surface area contributed by atoms with E-state index in [1.54, 1.807) is 26.2 Å². The van der Waals surface area contributed by atoms with Crippen LogP contribution in [0.25, 0.3) is 0 Å². The maximum atomic E-state index is 12.6. The highest BCUT2D eigenvalue weighted by molar-refractivity contribution is 6.01. The van der Waals surface area contributed by atoms with E-state index in [0.29, 0.717) is 42.4 Å². The van der Waals surface area contributed by atoms with E-state index in [9.17, 15) is 9.59 Å². The van der Waals surface area contributed by atoms with E-state index >= 15 is 0 Å². The van der Waals surface area contributed by atoms with Gasteiger partial charge in [0, 0.05) is 19.5 Å². The Labute approximate surface area is 176 Å². The Morgan fingerprint density at radius 2 is 1.73 bits per heavy atom. The molecule has 1 heterocycles. The smallest absolute Gasteiger partial charge is 0.227 e. The van der Waals surface area contributed by atoms with Crippen molar-refractivity contribution in [3.8, 4) is 17.2 Å². The molecule has 0 aliphatic carbocycles. The molecule has 2 amide bonds. The van der Waals surface area contributed by atoms with Crippen molar-refractivity contribution < 1.29 is 23.8 Å². The zero-order valence-corrected chi connectivity index (χ0v) is 17.9. The van der Waals surface area contributed by atoms with Crippen molar-refractivity contribution in [2.24, 2.45) is 5.92 Å². The summed E-state index contributed by atoms with van der Waals surface area (Å²) < 4.78 is 15.9. The number of hydrogen-bond acceptors (Lipinski definition) is 5. The van der Waals surface area contributed by atoms with Crippen LogP contribution in [0.4, 0.5) is 5.69 Å². The Morgan fingerprint density at radius 3 is 2.43 bits per heavy atom. The predicted molar refractivity (Wildman–Crippen MR) is 114 cm³/mol. The normalized spacial score (nSPS) is 15.8. The van der Waals surface area contributed by atoms with E-state index in [2.05, 4.69) is 5.32 Å². The van der Waals surface area contributed by atoms with Crippen LogP contribution in [0.1, 0.15) is 17.5 Å².